The van der Waals surface area contributed by atoms with Crippen LogP contribution >= 0.6 is 0 Å². The van der Waals surface area contributed by atoms with E-state index in [0.717, 1.165) is 0 Å². The minimum absolute atomic E-state index is 0.118. The number of carbonyl (C=O) groups excluding carboxylic acids is 2. The Kier molecular flexibility index (Phi) is 5.70. The first-order valence-electron chi connectivity index (χ1n) is 8.78. The van der Waals surface area contributed by atoms with Gasteiger partial charge < -0.3 is 14.8 Å². The van der Waals surface area contributed by atoms with Gasteiger partial charge in [0.2, 0.25) is 5.91 Å². The van der Waals surface area contributed by atoms with Crippen LogP contribution in [0.25, 0.3) is 10.9 Å². The average Bonchev–Trinajstić information content (AvgIpc) is 3.38. The molecule has 28 heavy (non-hydrogen) atoms. The van der Waals surface area contributed by atoms with Crippen molar-refractivity contribution in [3.8, 4) is 12.3 Å². The Bertz CT molecular complexity index is 967. The van der Waals surface area contributed by atoms with Gasteiger partial charge >= 0.3 is 5.97 Å². The van der Waals surface area contributed by atoms with Gasteiger partial charge in [-0.25, -0.2) is 9.48 Å². The fourth-order valence-electron chi connectivity index (χ4n) is 3.00. The number of anilines is 1. The molecule has 1 aromatic carbocycles. The van der Waals surface area contributed by atoms with Gasteiger partial charge in [0.25, 0.3) is 0 Å². The van der Waals surface area contributed by atoms with Gasteiger partial charge in [-0.05, 0) is 6.07 Å². The van der Waals surface area contributed by atoms with E-state index in [-0.39, 0.29) is 24.8 Å². The Morgan fingerprint density at radius 3 is 2.71 bits per heavy atom. The molecular formula is C19H21N5O4. The Hall–Kier alpha value is -3.25. The summed E-state index contributed by atoms with van der Waals surface area (Å²) < 4.78 is 11.5. The average molecular weight is 383 g/mol. The van der Waals surface area contributed by atoms with Gasteiger partial charge in [-0.1, -0.05) is 12.1 Å². The molecule has 9 heteroatoms. The first-order valence-corrected chi connectivity index (χ1v) is 8.78. The van der Waals surface area contributed by atoms with Gasteiger partial charge in [0.15, 0.2) is 11.4 Å². The van der Waals surface area contributed by atoms with Gasteiger partial charge in [-0.15, -0.1) is 12.3 Å². The Labute approximate surface area is 162 Å². The van der Waals surface area contributed by atoms with Crippen LogP contribution in [0.2, 0.25) is 0 Å². The third-order valence-electron chi connectivity index (χ3n) is 4.48. The molecule has 0 unspecified atom stereocenters. The summed E-state index contributed by atoms with van der Waals surface area (Å²) in [4.78, 5) is 24.5. The summed E-state index contributed by atoms with van der Waals surface area (Å²) in [5.41, 5.74) is 0.769. The summed E-state index contributed by atoms with van der Waals surface area (Å²) in [6, 6.07) is 5.23. The number of hydrogen-bond donors (Lipinski definition) is 1. The maximum atomic E-state index is 12.5. The number of nitrogens with zero attached hydrogens (tertiary/aromatic N) is 4. The summed E-state index contributed by atoms with van der Waals surface area (Å²) in [5, 5.41) is 15.8. The lowest BCUT2D eigenvalue weighted by molar-refractivity contribution is -0.116. The highest BCUT2D eigenvalue weighted by molar-refractivity contribution is 6.08. The second-order valence-corrected chi connectivity index (χ2v) is 6.39. The molecule has 1 N–H and O–H groups in total. The zero-order valence-corrected chi connectivity index (χ0v) is 15.8. The van der Waals surface area contributed by atoms with Crippen LogP contribution in [-0.4, -0.2) is 41.5 Å². The van der Waals surface area contributed by atoms with Crippen molar-refractivity contribution < 1.29 is 19.1 Å². The summed E-state index contributed by atoms with van der Waals surface area (Å²) in [7, 11) is 2.81. The SMILES string of the molecule is C#CCCC1(CCC(=O)Nc2cccc3c(C(=O)OC)nn(COC)c23)N=N1. The molecule has 0 spiro atoms. The second kappa shape index (κ2) is 8.19. The van der Waals surface area contributed by atoms with Crippen molar-refractivity contribution in [2.24, 2.45) is 10.2 Å². The number of rotatable bonds is 9. The molecule has 0 bridgehead atoms. The number of esters is 1. The molecule has 2 aromatic rings. The van der Waals surface area contributed by atoms with E-state index in [1.165, 1.54) is 18.9 Å². The van der Waals surface area contributed by atoms with Crippen LogP contribution in [0.3, 0.4) is 0 Å². The van der Waals surface area contributed by atoms with Crippen LogP contribution < -0.4 is 5.32 Å². The molecule has 1 aliphatic heterocycles. The normalized spacial score (nSPS) is 13.9. The third kappa shape index (κ3) is 4.02. The standard InChI is InChI=1S/C19H21N5O4/c1-4-5-10-19(22-23-19)11-9-15(25)20-14-8-6-7-13-16(18(26)28-3)21-24(12-27-2)17(13)14/h1,6-8H,5,9-12H2,2-3H3,(H,20,25). The lowest BCUT2D eigenvalue weighted by atomic mass is 10.0. The predicted octanol–water partition coefficient (Wildman–Crippen LogP) is 2.72. The largest absolute Gasteiger partial charge is 0.464 e. The van der Waals surface area contributed by atoms with Crippen molar-refractivity contribution in [2.45, 2.75) is 38.1 Å². The molecule has 1 amide bonds. The second-order valence-electron chi connectivity index (χ2n) is 6.39. The van der Waals surface area contributed by atoms with E-state index in [2.05, 4.69) is 26.6 Å². The van der Waals surface area contributed by atoms with Gasteiger partial charge in [0.1, 0.15) is 6.73 Å². The number of ether oxygens (including phenoxy) is 2. The molecule has 0 atom stereocenters. The molecule has 0 saturated carbocycles. The molecule has 0 radical (unpaired) electrons. The van der Waals surface area contributed by atoms with Crippen molar-refractivity contribution >= 4 is 28.5 Å². The van der Waals surface area contributed by atoms with Crippen molar-refractivity contribution in [3.05, 3.63) is 23.9 Å². The van der Waals surface area contributed by atoms with Crippen molar-refractivity contribution in [3.63, 3.8) is 0 Å². The van der Waals surface area contributed by atoms with Crippen molar-refractivity contribution in [2.75, 3.05) is 19.5 Å². The number of benzene rings is 1. The maximum Gasteiger partial charge on any atom is 0.359 e. The monoisotopic (exact) mass is 383 g/mol. The number of fused-ring (bicyclic) bond motifs is 1. The highest BCUT2D eigenvalue weighted by atomic mass is 16.5. The first-order chi connectivity index (χ1) is 13.5. The van der Waals surface area contributed by atoms with Crippen LogP contribution in [-0.2, 0) is 21.0 Å². The minimum atomic E-state index is -0.559. The van der Waals surface area contributed by atoms with E-state index in [4.69, 9.17) is 15.9 Å². The Morgan fingerprint density at radius 1 is 1.29 bits per heavy atom. The highest BCUT2D eigenvalue weighted by Crippen LogP contribution is 2.37. The zero-order valence-electron chi connectivity index (χ0n) is 15.8. The van der Waals surface area contributed by atoms with Gasteiger partial charge in [-0.2, -0.15) is 15.3 Å². The summed E-state index contributed by atoms with van der Waals surface area (Å²) >= 11 is 0. The molecule has 3 rings (SSSR count). The van der Waals surface area contributed by atoms with Crippen LogP contribution in [0.5, 0.6) is 0 Å². The summed E-state index contributed by atoms with van der Waals surface area (Å²) in [6.07, 6.45) is 7.25. The Balaban J connectivity index is 1.79. The third-order valence-corrected chi connectivity index (χ3v) is 4.48. The summed E-state index contributed by atoms with van der Waals surface area (Å²) in [5.74, 6) is 1.82. The molecule has 1 aliphatic rings. The smallest absolute Gasteiger partial charge is 0.359 e. The van der Waals surface area contributed by atoms with Gasteiger partial charge in [-0.3, -0.25) is 4.79 Å². The maximum absolute atomic E-state index is 12.5. The van der Waals surface area contributed by atoms with Crippen molar-refractivity contribution in [1.29, 1.82) is 0 Å². The number of nitrogens with one attached hydrogen (secondary N) is 1. The van der Waals surface area contributed by atoms with E-state index in [0.29, 0.717) is 35.9 Å². The van der Waals surface area contributed by atoms with Gasteiger partial charge in [0.05, 0.1) is 18.3 Å². The lowest BCUT2D eigenvalue weighted by Crippen LogP contribution is -2.18. The molecule has 0 aliphatic carbocycles. The molecule has 0 saturated heterocycles. The van der Waals surface area contributed by atoms with Crippen LogP contribution in [0, 0.1) is 12.3 Å². The number of aromatic nitrogens is 2. The molecular weight excluding hydrogens is 362 g/mol. The van der Waals surface area contributed by atoms with Crippen LogP contribution in [0.15, 0.2) is 28.4 Å². The van der Waals surface area contributed by atoms with E-state index in [9.17, 15) is 9.59 Å². The topological polar surface area (TPSA) is 107 Å². The van der Waals surface area contributed by atoms with E-state index >= 15 is 0 Å². The Morgan fingerprint density at radius 2 is 2.07 bits per heavy atom. The molecule has 1 aromatic heterocycles. The first kappa shape index (κ1) is 19.5. The number of amides is 1. The molecule has 9 nitrogen and oxygen atoms in total. The fraction of sp³-hybridized carbons (Fsp3) is 0.421. The fourth-order valence-corrected chi connectivity index (χ4v) is 3.00. The summed E-state index contributed by atoms with van der Waals surface area (Å²) in [6.45, 7) is 0.118. The number of para-hydroxylation sites is 1. The van der Waals surface area contributed by atoms with Crippen molar-refractivity contribution in [1.82, 2.24) is 9.78 Å². The van der Waals surface area contributed by atoms with E-state index in [1.807, 2.05) is 0 Å². The molecule has 2 heterocycles. The molecule has 0 fully saturated rings. The number of carbonyl (C=O) groups is 2. The van der Waals surface area contributed by atoms with Crippen LogP contribution in [0.4, 0.5) is 5.69 Å². The quantitative estimate of drug-likeness (QED) is 0.529. The zero-order chi connectivity index (χ0) is 20.1. The van der Waals surface area contributed by atoms with E-state index < -0.39 is 11.6 Å². The highest BCUT2D eigenvalue weighted by Gasteiger charge is 2.39. The lowest BCUT2D eigenvalue weighted by Gasteiger charge is -2.11. The molecule has 146 valence electrons. The number of methoxy groups -OCH3 is 2. The predicted molar refractivity (Wildman–Crippen MR) is 102 cm³/mol. The van der Waals surface area contributed by atoms with E-state index in [1.54, 1.807) is 18.2 Å². The van der Waals surface area contributed by atoms with Crippen LogP contribution in [0.1, 0.15) is 36.2 Å². The van der Waals surface area contributed by atoms with Gasteiger partial charge in [0, 0.05) is 38.2 Å². The minimum Gasteiger partial charge on any atom is -0.464 e. The number of hydrogen-bond acceptors (Lipinski definition) is 7. The number of terminal acetylenes is 1.